The van der Waals surface area contributed by atoms with Crippen LogP contribution in [0, 0.1) is 0 Å². The highest BCUT2D eigenvalue weighted by molar-refractivity contribution is 5.68. The van der Waals surface area contributed by atoms with Gasteiger partial charge in [0, 0.05) is 19.6 Å². The normalized spacial score (nSPS) is 19.9. The summed E-state index contributed by atoms with van der Waals surface area (Å²) in [7, 11) is 3.74. The third kappa shape index (κ3) is 4.13. The van der Waals surface area contributed by atoms with Crippen molar-refractivity contribution in [2.75, 3.05) is 33.8 Å². The quantitative estimate of drug-likeness (QED) is 0.842. The summed E-state index contributed by atoms with van der Waals surface area (Å²) in [6, 6.07) is 8.19. The SMILES string of the molecule is COc1ccc(C2CN(C(=O)OC(C)(C)C)CCN2C)cc1. The largest absolute Gasteiger partial charge is 0.497 e. The highest BCUT2D eigenvalue weighted by atomic mass is 16.6. The Morgan fingerprint density at radius 1 is 1.18 bits per heavy atom. The molecule has 1 aromatic rings. The summed E-state index contributed by atoms with van der Waals surface area (Å²) in [6.07, 6.45) is -0.237. The Bertz CT molecular complexity index is 508. The maximum absolute atomic E-state index is 12.3. The van der Waals surface area contributed by atoms with E-state index in [1.54, 1.807) is 12.0 Å². The number of benzene rings is 1. The van der Waals surface area contributed by atoms with Crippen LogP contribution in [0.4, 0.5) is 4.79 Å². The zero-order chi connectivity index (χ0) is 16.3. The van der Waals surface area contributed by atoms with Gasteiger partial charge in [0.25, 0.3) is 0 Å². The average Bonchev–Trinajstić information content (AvgIpc) is 2.46. The molecule has 122 valence electrons. The fourth-order valence-electron chi connectivity index (χ4n) is 2.55. The minimum Gasteiger partial charge on any atom is -0.497 e. The van der Waals surface area contributed by atoms with Crippen molar-refractivity contribution in [3.8, 4) is 5.75 Å². The smallest absolute Gasteiger partial charge is 0.410 e. The van der Waals surface area contributed by atoms with Crippen molar-refractivity contribution in [1.82, 2.24) is 9.80 Å². The second kappa shape index (κ2) is 6.57. The number of amides is 1. The summed E-state index contributed by atoms with van der Waals surface area (Å²) in [6.45, 7) is 7.83. The van der Waals surface area contributed by atoms with Crippen LogP contribution in [0.25, 0.3) is 0 Å². The minimum atomic E-state index is -0.462. The van der Waals surface area contributed by atoms with E-state index in [0.717, 1.165) is 12.3 Å². The maximum atomic E-state index is 12.3. The van der Waals surface area contributed by atoms with E-state index < -0.39 is 5.60 Å². The molecule has 1 heterocycles. The number of ether oxygens (including phenoxy) is 2. The van der Waals surface area contributed by atoms with E-state index >= 15 is 0 Å². The topological polar surface area (TPSA) is 42.0 Å². The van der Waals surface area contributed by atoms with Crippen molar-refractivity contribution < 1.29 is 14.3 Å². The van der Waals surface area contributed by atoms with Crippen LogP contribution >= 0.6 is 0 Å². The predicted octanol–water partition coefficient (Wildman–Crippen LogP) is 2.92. The van der Waals surface area contributed by atoms with E-state index in [4.69, 9.17) is 9.47 Å². The fourth-order valence-corrected chi connectivity index (χ4v) is 2.55. The lowest BCUT2D eigenvalue weighted by Gasteiger charge is -2.40. The molecule has 1 unspecified atom stereocenters. The van der Waals surface area contributed by atoms with Crippen molar-refractivity contribution in [3.63, 3.8) is 0 Å². The number of carbonyl (C=O) groups is 1. The van der Waals surface area contributed by atoms with Gasteiger partial charge in [-0.3, -0.25) is 4.90 Å². The minimum absolute atomic E-state index is 0.173. The molecule has 1 aliphatic heterocycles. The monoisotopic (exact) mass is 306 g/mol. The number of methoxy groups -OCH3 is 1. The van der Waals surface area contributed by atoms with Crippen molar-refractivity contribution in [3.05, 3.63) is 29.8 Å². The summed E-state index contributed by atoms with van der Waals surface area (Å²) < 4.78 is 10.7. The summed E-state index contributed by atoms with van der Waals surface area (Å²) >= 11 is 0. The van der Waals surface area contributed by atoms with Gasteiger partial charge in [-0.05, 0) is 45.5 Å². The van der Waals surface area contributed by atoms with E-state index in [9.17, 15) is 4.79 Å². The molecule has 1 aliphatic rings. The van der Waals surface area contributed by atoms with Crippen LogP contribution in [-0.2, 0) is 4.74 Å². The molecule has 0 saturated carbocycles. The number of piperazine rings is 1. The molecule has 0 spiro atoms. The first kappa shape index (κ1) is 16.6. The molecule has 0 N–H and O–H groups in total. The second-order valence-corrected chi connectivity index (χ2v) is 6.70. The number of carbonyl (C=O) groups excluding carboxylic acids is 1. The standard InChI is InChI=1S/C17H26N2O3/c1-17(2,3)22-16(20)19-11-10-18(4)15(12-19)13-6-8-14(21-5)9-7-13/h6-9,15H,10-12H2,1-5H3. The average molecular weight is 306 g/mol. The first-order valence-electron chi connectivity index (χ1n) is 7.62. The fraction of sp³-hybridized carbons (Fsp3) is 0.588. The van der Waals surface area contributed by atoms with Crippen LogP contribution < -0.4 is 4.74 Å². The van der Waals surface area contributed by atoms with Gasteiger partial charge in [0.1, 0.15) is 11.4 Å². The van der Waals surface area contributed by atoms with Gasteiger partial charge in [-0.2, -0.15) is 0 Å². The van der Waals surface area contributed by atoms with Crippen molar-refractivity contribution in [2.45, 2.75) is 32.4 Å². The van der Waals surface area contributed by atoms with Crippen molar-refractivity contribution >= 4 is 6.09 Å². The van der Waals surface area contributed by atoms with Gasteiger partial charge in [0.2, 0.25) is 0 Å². The summed E-state index contributed by atoms with van der Waals surface area (Å²) in [5.74, 6) is 0.839. The third-order valence-electron chi connectivity index (χ3n) is 3.80. The molecule has 5 heteroatoms. The Balaban J connectivity index is 2.08. The van der Waals surface area contributed by atoms with E-state index in [1.165, 1.54) is 5.56 Å². The number of hydrogen-bond donors (Lipinski definition) is 0. The Labute approximate surface area is 132 Å². The summed E-state index contributed by atoms with van der Waals surface area (Å²) in [4.78, 5) is 16.3. The van der Waals surface area contributed by atoms with E-state index in [0.29, 0.717) is 13.1 Å². The first-order valence-corrected chi connectivity index (χ1v) is 7.62. The van der Waals surface area contributed by atoms with Crippen molar-refractivity contribution in [1.29, 1.82) is 0 Å². The van der Waals surface area contributed by atoms with Crippen LogP contribution in [-0.4, -0.2) is 55.3 Å². The number of rotatable bonds is 2. The lowest BCUT2D eigenvalue weighted by Crippen LogP contribution is -2.50. The van der Waals surface area contributed by atoms with E-state index in [-0.39, 0.29) is 12.1 Å². The maximum Gasteiger partial charge on any atom is 0.410 e. The molecule has 1 aromatic carbocycles. The van der Waals surface area contributed by atoms with Gasteiger partial charge >= 0.3 is 6.09 Å². The Hall–Kier alpha value is -1.75. The summed E-state index contributed by atoms with van der Waals surface area (Å²) in [5, 5.41) is 0. The van der Waals surface area contributed by atoms with Crippen LogP contribution in [0.1, 0.15) is 32.4 Å². The van der Waals surface area contributed by atoms with Crippen LogP contribution in [0.15, 0.2) is 24.3 Å². The van der Waals surface area contributed by atoms with Gasteiger partial charge in [0.15, 0.2) is 0 Å². The Kier molecular flexibility index (Phi) is 4.96. The van der Waals surface area contributed by atoms with Gasteiger partial charge in [-0.1, -0.05) is 12.1 Å². The molecule has 1 saturated heterocycles. The Morgan fingerprint density at radius 3 is 2.36 bits per heavy atom. The molecule has 5 nitrogen and oxygen atoms in total. The number of hydrogen-bond acceptors (Lipinski definition) is 4. The molecular weight excluding hydrogens is 280 g/mol. The van der Waals surface area contributed by atoms with Gasteiger partial charge < -0.3 is 14.4 Å². The van der Waals surface area contributed by atoms with Gasteiger partial charge in [0.05, 0.1) is 13.2 Å². The van der Waals surface area contributed by atoms with Gasteiger partial charge in [-0.25, -0.2) is 4.79 Å². The molecule has 0 bridgehead atoms. The lowest BCUT2D eigenvalue weighted by atomic mass is 10.0. The molecule has 0 radical (unpaired) electrons. The molecule has 22 heavy (non-hydrogen) atoms. The van der Waals surface area contributed by atoms with Crippen LogP contribution in [0.5, 0.6) is 5.75 Å². The first-order chi connectivity index (χ1) is 10.3. The van der Waals surface area contributed by atoms with Gasteiger partial charge in [-0.15, -0.1) is 0 Å². The number of nitrogens with zero attached hydrogens (tertiary/aromatic N) is 2. The predicted molar refractivity (Wildman–Crippen MR) is 86.2 cm³/mol. The zero-order valence-corrected chi connectivity index (χ0v) is 14.1. The Morgan fingerprint density at radius 2 is 1.82 bits per heavy atom. The van der Waals surface area contributed by atoms with Crippen molar-refractivity contribution in [2.24, 2.45) is 0 Å². The molecule has 0 aliphatic carbocycles. The molecule has 1 fully saturated rings. The van der Waals surface area contributed by atoms with Crippen LogP contribution in [0.3, 0.4) is 0 Å². The van der Waals surface area contributed by atoms with Crippen LogP contribution in [0.2, 0.25) is 0 Å². The lowest BCUT2D eigenvalue weighted by molar-refractivity contribution is 0.00738. The molecular formula is C17H26N2O3. The molecule has 0 aromatic heterocycles. The highest BCUT2D eigenvalue weighted by Crippen LogP contribution is 2.26. The van der Waals surface area contributed by atoms with E-state index in [1.807, 2.05) is 32.9 Å². The highest BCUT2D eigenvalue weighted by Gasteiger charge is 2.31. The molecule has 1 amide bonds. The third-order valence-corrected chi connectivity index (χ3v) is 3.80. The zero-order valence-electron chi connectivity index (χ0n) is 14.1. The second-order valence-electron chi connectivity index (χ2n) is 6.70. The molecule has 2 rings (SSSR count). The van der Waals surface area contributed by atoms with E-state index in [2.05, 4.69) is 24.1 Å². The summed E-state index contributed by atoms with van der Waals surface area (Å²) in [5.41, 5.74) is 0.715. The molecule has 1 atom stereocenters. The number of likely N-dealkylation sites (N-methyl/N-ethyl adjacent to an activating group) is 1.